The van der Waals surface area contributed by atoms with E-state index in [0.717, 1.165) is 12.8 Å². The minimum Gasteiger partial charge on any atom is -0.506 e. The fourth-order valence-corrected chi connectivity index (χ4v) is 6.20. The Balaban J connectivity index is 1.67. The maximum Gasteiger partial charge on any atom is 0.199 e. The van der Waals surface area contributed by atoms with E-state index in [2.05, 4.69) is 19.9 Å². The molecule has 0 amide bonds. The van der Waals surface area contributed by atoms with Crippen molar-refractivity contribution in [1.82, 2.24) is 0 Å². The normalized spacial score (nSPS) is 29.2. The third kappa shape index (κ3) is 4.72. The molecule has 5 atom stereocenters. The van der Waals surface area contributed by atoms with Gasteiger partial charge in [-0.15, -0.1) is 0 Å². The van der Waals surface area contributed by atoms with Crippen LogP contribution in [-0.2, 0) is 9.47 Å². The molecule has 3 heterocycles. The van der Waals surface area contributed by atoms with Crippen LogP contribution in [-0.4, -0.2) is 52.1 Å². The van der Waals surface area contributed by atoms with Gasteiger partial charge in [-0.05, 0) is 86.3 Å². The number of epoxide rings is 1. The fraction of sp³-hybridized carbons (Fsp3) is 0.594. The molecule has 0 radical (unpaired) electrons. The van der Waals surface area contributed by atoms with E-state index >= 15 is 0 Å². The Hall–Kier alpha value is -2.61. The molecular formula is C32H42O7. The van der Waals surface area contributed by atoms with Crippen LogP contribution in [0, 0.1) is 5.92 Å². The number of carbonyl (C=O) groups is 1. The van der Waals surface area contributed by atoms with Crippen LogP contribution in [0.4, 0.5) is 0 Å². The second-order valence-electron chi connectivity index (χ2n) is 12.9. The Bertz CT molecular complexity index is 1280. The molecule has 1 aromatic carbocycles. The molecule has 0 bridgehead atoms. The lowest BCUT2D eigenvalue weighted by Gasteiger charge is -2.44. The largest absolute Gasteiger partial charge is 0.506 e. The number of hydrogen-bond acceptors (Lipinski definition) is 7. The number of phenols is 1. The van der Waals surface area contributed by atoms with Gasteiger partial charge in [-0.2, -0.15) is 0 Å². The molecule has 1 aromatic rings. The average molecular weight is 539 g/mol. The number of ketones is 1. The summed E-state index contributed by atoms with van der Waals surface area (Å²) >= 11 is 0. The van der Waals surface area contributed by atoms with Crippen molar-refractivity contribution >= 4 is 11.9 Å². The standard InChI is InChI=1S/C32H42O7/c1-17(2)11-10-15-32(7)16-14-19-24(34)21-23(33)18-12-9-13-20(30(3,4)36-8)26(18)37-28(21)22(27(19)38-32)25(35)29-31(5,6)39-29/h11-12,14,16,20,25-26,29,34-35H,9-10,13,15H2,1-8H3/t20-,25?,26?,29?,32+/m0/s1. The average Bonchev–Trinajstić information content (AvgIpc) is 3.51. The molecule has 0 saturated carbocycles. The first-order chi connectivity index (χ1) is 18.2. The molecule has 0 spiro atoms. The van der Waals surface area contributed by atoms with Crippen molar-refractivity contribution in [1.29, 1.82) is 0 Å². The van der Waals surface area contributed by atoms with Gasteiger partial charge in [-0.25, -0.2) is 0 Å². The van der Waals surface area contributed by atoms with E-state index < -0.39 is 35.1 Å². The van der Waals surface area contributed by atoms with E-state index in [4.69, 9.17) is 18.9 Å². The van der Waals surface area contributed by atoms with Crippen LogP contribution in [0.25, 0.3) is 6.08 Å². The summed E-state index contributed by atoms with van der Waals surface area (Å²) in [6, 6.07) is 0. The zero-order valence-electron chi connectivity index (χ0n) is 24.4. The van der Waals surface area contributed by atoms with E-state index in [1.165, 1.54) is 5.57 Å². The molecule has 7 nitrogen and oxygen atoms in total. The number of benzene rings is 1. The molecule has 2 N–H and O–H groups in total. The molecule has 1 saturated heterocycles. The van der Waals surface area contributed by atoms with Crippen molar-refractivity contribution in [2.24, 2.45) is 5.92 Å². The zero-order valence-corrected chi connectivity index (χ0v) is 24.4. The number of aliphatic hydroxyl groups excluding tert-OH is 1. The van der Waals surface area contributed by atoms with Crippen LogP contribution in [0.2, 0.25) is 0 Å². The highest BCUT2D eigenvalue weighted by Crippen LogP contribution is 2.57. The number of aliphatic hydroxyl groups is 1. The predicted molar refractivity (Wildman–Crippen MR) is 149 cm³/mol. The predicted octanol–water partition coefficient (Wildman–Crippen LogP) is 6.22. The quantitative estimate of drug-likeness (QED) is 0.314. The van der Waals surface area contributed by atoms with Crippen LogP contribution >= 0.6 is 0 Å². The van der Waals surface area contributed by atoms with Crippen molar-refractivity contribution in [3.05, 3.63) is 46.1 Å². The summed E-state index contributed by atoms with van der Waals surface area (Å²) in [5, 5.41) is 23.2. The van der Waals surface area contributed by atoms with Gasteiger partial charge in [-0.3, -0.25) is 4.79 Å². The summed E-state index contributed by atoms with van der Waals surface area (Å²) in [5.74, 6) is -0.0600. The number of rotatable bonds is 7. The van der Waals surface area contributed by atoms with E-state index in [1.807, 2.05) is 46.8 Å². The van der Waals surface area contributed by atoms with Crippen molar-refractivity contribution < 1.29 is 34.0 Å². The first-order valence-corrected chi connectivity index (χ1v) is 14.0. The number of phenolic OH excluding ortho intramolecular Hbond substituents is 1. The van der Waals surface area contributed by atoms with Gasteiger partial charge >= 0.3 is 0 Å². The summed E-state index contributed by atoms with van der Waals surface area (Å²) in [5.41, 5.74) is 0.788. The number of allylic oxidation sites excluding steroid dienone is 3. The van der Waals surface area contributed by atoms with Crippen LogP contribution in [0.5, 0.6) is 17.2 Å². The van der Waals surface area contributed by atoms with Crippen molar-refractivity contribution in [3.8, 4) is 17.2 Å². The third-order valence-electron chi connectivity index (χ3n) is 8.89. The van der Waals surface area contributed by atoms with Gasteiger partial charge in [0.15, 0.2) is 5.78 Å². The third-order valence-corrected chi connectivity index (χ3v) is 8.89. The molecule has 39 heavy (non-hydrogen) atoms. The fourth-order valence-electron chi connectivity index (χ4n) is 6.20. The van der Waals surface area contributed by atoms with Crippen LogP contribution in [0.3, 0.4) is 0 Å². The SMILES string of the molecule is COC(C)(C)[C@H]1CCC=C2C(=O)c3c(O)c4c(c(C(O)C5OC5(C)C)c3OC21)O[C@](C)(CCC=C(C)C)C=C4. The van der Waals surface area contributed by atoms with E-state index in [-0.39, 0.29) is 28.8 Å². The molecule has 0 aromatic heterocycles. The van der Waals surface area contributed by atoms with Gasteiger partial charge in [0.1, 0.15) is 46.7 Å². The summed E-state index contributed by atoms with van der Waals surface area (Å²) in [6.45, 7) is 13.9. The summed E-state index contributed by atoms with van der Waals surface area (Å²) in [4.78, 5) is 14.0. The highest BCUT2D eigenvalue weighted by atomic mass is 16.6. The minimum absolute atomic E-state index is 0.0704. The monoisotopic (exact) mass is 538 g/mol. The zero-order chi connectivity index (χ0) is 28.5. The summed E-state index contributed by atoms with van der Waals surface area (Å²) in [7, 11) is 1.66. The highest BCUT2D eigenvalue weighted by Gasteiger charge is 2.56. The number of hydrogen-bond donors (Lipinski definition) is 2. The van der Waals surface area contributed by atoms with Gasteiger partial charge < -0.3 is 29.2 Å². The van der Waals surface area contributed by atoms with E-state index in [0.29, 0.717) is 35.3 Å². The minimum atomic E-state index is -1.12. The molecule has 5 rings (SSSR count). The van der Waals surface area contributed by atoms with Crippen molar-refractivity contribution in [2.45, 2.75) is 109 Å². The van der Waals surface area contributed by atoms with Crippen LogP contribution < -0.4 is 9.47 Å². The molecule has 3 unspecified atom stereocenters. The van der Waals surface area contributed by atoms with Crippen molar-refractivity contribution in [3.63, 3.8) is 0 Å². The van der Waals surface area contributed by atoms with E-state index in [1.54, 1.807) is 13.2 Å². The Morgan fingerprint density at radius 2 is 1.95 bits per heavy atom. The number of fused-ring (bicyclic) bond motifs is 3. The van der Waals surface area contributed by atoms with Gasteiger partial charge in [0.05, 0.1) is 22.3 Å². The molecule has 3 aliphatic heterocycles. The topological polar surface area (TPSA) is 97.8 Å². The number of ether oxygens (including phenoxy) is 4. The number of carbonyl (C=O) groups excluding carboxylic acids is 1. The highest BCUT2D eigenvalue weighted by molar-refractivity contribution is 6.15. The molecular weight excluding hydrogens is 496 g/mol. The summed E-state index contributed by atoms with van der Waals surface area (Å²) < 4.78 is 24.9. The maximum absolute atomic E-state index is 14.0. The number of Topliss-reactive ketones (excluding diaryl/α,β-unsaturated/α-hetero) is 1. The molecule has 1 aliphatic carbocycles. The Morgan fingerprint density at radius 1 is 1.26 bits per heavy atom. The van der Waals surface area contributed by atoms with Gasteiger partial charge in [0, 0.05) is 18.6 Å². The van der Waals surface area contributed by atoms with Crippen molar-refractivity contribution in [2.75, 3.05) is 7.11 Å². The first-order valence-electron chi connectivity index (χ1n) is 14.0. The Morgan fingerprint density at radius 3 is 2.56 bits per heavy atom. The smallest absolute Gasteiger partial charge is 0.199 e. The van der Waals surface area contributed by atoms with Crippen LogP contribution in [0.1, 0.15) is 102 Å². The van der Waals surface area contributed by atoms with Gasteiger partial charge in [0.2, 0.25) is 0 Å². The molecule has 7 heteroatoms. The number of aromatic hydroxyl groups is 1. The second kappa shape index (κ2) is 9.50. The number of methoxy groups -OCH3 is 1. The lowest BCUT2D eigenvalue weighted by atomic mass is 9.73. The molecule has 4 aliphatic rings. The van der Waals surface area contributed by atoms with E-state index in [9.17, 15) is 15.0 Å². The molecule has 212 valence electrons. The van der Waals surface area contributed by atoms with Crippen LogP contribution in [0.15, 0.2) is 29.4 Å². The molecule has 1 fully saturated rings. The first kappa shape index (κ1) is 27.9. The van der Waals surface area contributed by atoms with Gasteiger partial charge in [-0.1, -0.05) is 17.7 Å². The Labute approximate surface area is 231 Å². The lowest BCUT2D eigenvalue weighted by Crippen LogP contribution is -2.49. The lowest BCUT2D eigenvalue weighted by molar-refractivity contribution is -0.0659. The maximum atomic E-state index is 14.0. The Kier molecular flexibility index (Phi) is 6.80. The second-order valence-corrected chi connectivity index (χ2v) is 12.9. The van der Waals surface area contributed by atoms with Gasteiger partial charge in [0.25, 0.3) is 0 Å². The summed E-state index contributed by atoms with van der Waals surface area (Å²) in [6.07, 6.45) is 8.60.